The Bertz CT molecular complexity index is 1050. The van der Waals surface area contributed by atoms with Crippen LogP contribution in [-0.2, 0) is 38.8 Å². The van der Waals surface area contributed by atoms with Gasteiger partial charge in [0, 0.05) is 32.1 Å². The highest BCUT2D eigenvalue weighted by Gasteiger charge is 2.20. The van der Waals surface area contributed by atoms with Crippen LogP contribution in [0, 0.1) is 0 Å². The number of carbonyl (C=O) groups is 2. The first kappa shape index (κ1) is 22.0. The predicted octanol–water partition coefficient (Wildman–Crippen LogP) is 3.35. The summed E-state index contributed by atoms with van der Waals surface area (Å²) in [5.74, 6) is -0.592. The number of nitrogens with one attached hydrogen (secondary N) is 1. The van der Waals surface area contributed by atoms with Crippen LogP contribution >= 0.6 is 0 Å². The van der Waals surface area contributed by atoms with Crippen LogP contribution in [0.1, 0.15) is 43.4 Å². The van der Waals surface area contributed by atoms with Gasteiger partial charge in [0.2, 0.25) is 11.8 Å². The number of carbonyl (C=O) groups excluding carboxylic acids is 2. The lowest BCUT2D eigenvalue weighted by atomic mass is 10.1. The molecule has 6 nitrogen and oxygen atoms in total. The topological polar surface area (TPSA) is 83.6 Å². The largest absolute Gasteiger partial charge is 0.339 e. The van der Waals surface area contributed by atoms with Gasteiger partial charge in [-0.05, 0) is 67.1 Å². The molecule has 3 rings (SSSR count). The molecule has 0 unspecified atom stereocenters. The van der Waals surface area contributed by atoms with Gasteiger partial charge in [0.25, 0.3) is 0 Å². The molecule has 0 radical (unpaired) electrons. The lowest BCUT2D eigenvalue weighted by Gasteiger charge is -2.19. The van der Waals surface area contributed by atoms with E-state index in [1.807, 2.05) is 19.1 Å². The zero-order valence-corrected chi connectivity index (χ0v) is 18.3. The minimum Gasteiger partial charge on any atom is -0.339 e. The molecule has 2 amide bonds. The number of fused-ring (bicyclic) bond motifs is 1. The van der Waals surface area contributed by atoms with Gasteiger partial charge in [0.15, 0.2) is 9.84 Å². The second-order valence-corrected chi connectivity index (χ2v) is 9.74. The summed E-state index contributed by atoms with van der Waals surface area (Å²) in [5.41, 5.74) is 3.81. The molecule has 2 aromatic rings. The average molecular weight is 429 g/mol. The van der Waals surface area contributed by atoms with E-state index in [4.69, 9.17) is 0 Å². The fourth-order valence-corrected chi connectivity index (χ4v) is 5.01. The summed E-state index contributed by atoms with van der Waals surface area (Å²) in [7, 11) is -3.51. The van der Waals surface area contributed by atoms with Crippen molar-refractivity contribution in [1.82, 2.24) is 4.90 Å². The maximum absolute atomic E-state index is 12.6. The molecule has 30 heavy (non-hydrogen) atoms. The van der Waals surface area contributed by atoms with Gasteiger partial charge in [-0.3, -0.25) is 9.59 Å². The molecule has 0 spiro atoms. The highest BCUT2D eigenvalue weighted by atomic mass is 32.2. The van der Waals surface area contributed by atoms with Crippen molar-refractivity contribution in [2.75, 3.05) is 17.6 Å². The molecule has 0 aliphatic heterocycles. The van der Waals surface area contributed by atoms with Crippen molar-refractivity contribution in [3.05, 3.63) is 59.2 Å². The van der Waals surface area contributed by atoms with E-state index in [2.05, 4.69) is 5.32 Å². The third kappa shape index (κ3) is 5.48. The third-order valence-corrected chi connectivity index (χ3v) is 7.15. The first-order valence-corrected chi connectivity index (χ1v) is 11.9. The quantitative estimate of drug-likeness (QED) is 0.699. The number of benzene rings is 2. The molecule has 1 aliphatic carbocycles. The highest BCUT2D eigenvalue weighted by molar-refractivity contribution is 7.91. The van der Waals surface area contributed by atoms with Crippen molar-refractivity contribution in [3.63, 3.8) is 0 Å². The van der Waals surface area contributed by atoms with Gasteiger partial charge in [-0.2, -0.15) is 0 Å². The molecule has 160 valence electrons. The zero-order valence-electron chi connectivity index (χ0n) is 17.5. The van der Waals surface area contributed by atoms with Crippen LogP contribution in [0.4, 0.5) is 5.69 Å². The molecule has 0 saturated heterocycles. The Morgan fingerprint density at radius 3 is 2.57 bits per heavy atom. The Morgan fingerprint density at radius 1 is 1.07 bits per heavy atom. The molecule has 2 aromatic carbocycles. The van der Waals surface area contributed by atoms with Crippen molar-refractivity contribution in [2.45, 2.75) is 51.0 Å². The number of nitrogens with zero attached hydrogens (tertiary/aromatic N) is 1. The minimum atomic E-state index is -3.51. The van der Waals surface area contributed by atoms with E-state index in [0.29, 0.717) is 23.7 Å². The molecule has 0 saturated carbocycles. The number of anilines is 1. The standard InChI is InChI=1S/C23H28N2O4S/c1-3-25(17(2)26)16-18-6-4-9-21(14-18)24-23(27)12-13-30(28,29)22-11-10-19-7-5-8-20(19)15-22/h4,6,9-11,14-15H,3,5,7-8,12-13,16H2,1-2H3,(H,24,27). The number of hydrogen-bond donors (Lipinski definition) is 1. The SMILES string of the molecule is CCN(Cc1cccc(NC(=O)CCS(=O)(=O)c2ccc3c(c2)CCC3)c1)C(C)=O. The third-order valence-electron chi connectivity index (χ3n) is 5.44. The van der Waals surface area contributed by atoms with Crippen molar-refractivity contribution < 1.29 is 18.0 Å². The summed E-state index contributed by atoms with van der Waals surface area (Å²) in [6, 6.07) is 12.5. The summed E-state index contributed by atoms with van der Waals surface area (Å²) >= 11 is 0. The van der Waals surface area contributed by atoms with E-state index in [0.717, 1.165) is 30.4 Å². The first-order valence-electron chi connectivity index (χ1n) is 10.3. The predicted molar refractivity (Wildman–Crippen MR) is 117 cm³/mol. The lowest BCUT2D eigenvalue weighted by molar-refractivity contribution is -0.129. The second-order valence-electron chi connectivity index (χ2n) is 7.63. The molecule has 1 aliphatic rings. The second kappa shape index (κ2) is 9.43. The van der Waals surface area contributed by atoms with E-state index in [9.17, 15) is 18.0 Å². The molecule has 0 heterocycles. The molecule has 1 N–H and O–H groups in total. The van der Waals surface area contributed by atoms with E-state index >= 15 is 0 Å². The molecular weight excluding hydrogens is 400 g/mol. The van der Waals surface area contributed by atoms with Gasteiger partial charge >= 0.3 is 0 Å². The number of aryl methyl sites for hydroxylation is 2. The number of amides is 2. The molecule has 0 fully saturated rings. The van der Waals surface area contributed by atoms with Crippen molar-refractivity contribution in [2.24, 2.45) is 0 Å². The number of hydrogen-bond acceptors (Lipinski definition) is 4. The van der Waals surface area contributed by atoms with Crippen LogP contribution in [-0.4, -0.2) is 37.4 Å². The van der Waals surface area contributed by atoms with Gasteiger partial charge in [0.05, 0.1) is 10.6 Å². The first-order chi connectivity index (χ1) is 14.3. The highest BCUT2D eigenvalue weighted by Crippen LogP contribution is 2.25. The van der Waals surface area contributed by atoms with E-state index < -0.39 is 9.84 Å². The number of rotatable bonds is 8. The summed E-state index contributed by atoms with van der Waals surface area (Å²) in [5, 5.41) is 2.76. The van der Waals surface area contributed by atoms with Gasteiger partial charge in [-0.15, -0.1) is 0 Å². The van der Waals surface area contributed by atoms with Crippen LogP contribution in [0.15, 0.2) is 47.4 Å². The van der Waals surface area contributed by atoms with Gasteiger partial charge in [-0.1, -0.05) is 18.2 Å². The maximum atomic E-state index is 12.6. The summed E-state index contributed by atoms with van der Waals surface area (Å²) in [4.78, 5) is 25.9. The monoisotopic (exact) mass is 428 g/mol. The van der Waals surface area contributed by atoms with Crippen molar-refractivity contribution in [3.8, 4) is 0 Å². The number of sulfone groups is 1. The normalized spacial score (nSPS) is 13.0. The Labute approximate surface area is 178 Å². The van der Waals surface area contributed by atoms with Crippen LogP contribution < -0.4 is 5.32 Å². The molecule has 0 aromatic heterocycles. The van der Waals surface area contributed by atoms with E-state index in [1.54, 1.807) is 35.2 Å². The van der Waals surface area contributed by atoms with Crippen LogP contribution in [0.5, 0.6) is 0 Å². The molecular formula is C23H28N2O4S. The Morgan fingerprint density at radius 2 is 1.83 bits per heavy atom. The lowest BCUT2D eigenvalue weighted by Crippen LogP contribution is -2.27. The minimum absolute atomic E-state index is 0.0105. The van der Waals surface area contributed by atoms with Gasteiger partial charge in [0.1, 0.15) is 0 Å². The van der Waals surface area contributed by atoms with Gasteiger partial charge in [-0.25, -0.2) is 8.42 Å². The fraction of sp³-hybridized carbons (Fsp3) is 0.391. The summed E-state index contributed by atoms with van der Waals surface area (Å²) < 4.78 is 25.3. The molecule has 0 atom stereocenters. The summed E-state index contributed by atoms with van der Waals surface area (Å²) in [6.45, 7) is 4.50. The van der Waals surface area contributed by atoms with E-state index in [1.165, 1.54) is 12.5 Å². The Kier molecular flexibility index (Phi) is 6.92. The molecule has 0 bridgehead atoms. The van der Waals surface area contributed by atoms with Crippen LogP contribution in [0.25, 0.3) is 0 Å². The summed E-state index contributed by atoms with van der Waals surface area (Å²) in [6.07, 6.45) is 2.86. The van der Waals surface area contributed by atoms with Crippen molar-refractivity contribution in [1.29, 1.82) is 0 Å². The van der Waals surface area contributed by atoms with Gasteiger partial charge < -0.3 is 10.2 Å². The fourth-order valence-electron chi connectivity index (χ4n) is 3.72. The smallest absolute Gasteiger partial charge is 0.225 e. The Hall–Kier alpha value is -2.67. The zero-order chi connectivity index (χ0) is 21.7. The average Bonchev–Trinajstić information content (AvgIpc) is 3.18. The van der Waals surface area contributed by atoms with Crippen LogP contribution in [0.3, 0.4) is 0 Å². The maximum Gasteiger partial charge on any atom is 0.225 e. The van der Waals surface area contributed by atoms with Crippen LogP contribution in [0.2, 0.25) is 0 Å². The van der Waals surface area contributed by atoms with E-state index in [-0.39, 0.29) is 24.0 Å². The van der Waals surface area contributed by atoms with Crippen molar-refractivity contribution >= 4 is 27.3 Å². The Balaban J connectivity index is 1.59. The molecule has 7 heteroatoms.